The molecule has 0 spiro atoms. The van der Waals surface area contributed by atoms with E-state index in [2.05, 4.69) is 10.1 Å². The number of likely N-dealkylation sites (tertiary alicyclic amines) is 1. The quantitative estimate of drug-likeness (QED) is 0.693. The average molecular weight is 369 g/mol. The van der Waals surface area contributed by atoms with Gasteiger partial charge in [0.2, 0.25) is 11.8 Å². The van der Waals surface area contributed by atoms with E-state index in [1.54, 1.807) is 29.2 Å². The van der Waals surface area contributed by atoms with Gasteiger partial charge in [0, 0.05) is 19.5 Å². The van der Waals surface area contributed by atoms with Crippen LogP contribution in [0.25, 0.3) is 0 Å². The van der Waals surface area contributed by atoms with E-state index < -0.39 is 0 Å². The Bertz CT molecular complexity index is 933. The molecule has 4 rings (SSSR count). The number of aromatic nitrogens is 2. The van der Waals surface area contributed by atoms with Crippen molar-refractivity contribution in [3.8, 4) is 0 Å². The van der Waals surface area contributed by atoms with Crippen LogP contribution in [0.15, 0.2) is 53.1 Å². The Labute approximate surface area is 154 Å². The second-order valence-corrected chi connectivity index (χ2v) is 6.65. The molecule has 1 aliphatic rings. The Kier molecular flexibility index (Phi) is 4.66. The third kappa shape index (κ3) is 4.02. The van der Waals surface area contributed by atoms with Gasteiger partial charge in [-0.3, -0.25) is 4.79 Å². The largest absolute Gasteiger partial charge is 0.341 e. The molecule has 5 nitrogen and oxygen atoms in total. The van der Waals surface area contributed by atoms with Gasteiger partial charge in [0.25, 0.3) is 0 Å². The number of hydrogen-bond donors (Lipinski definition) is 0. The molecule has 1 fully saturated rings. The lowest BCUT2D eigenvalue weighted by Crippen LogP contribution is -2.49. The summed E-state index contributed by atoms with van der Waals surface area (Å²) in [5, 5.41) is 3.96. The molecule has 2 heterocycles. The van der Waals surface area contributed by atoms with E-state index in [4.69, 9.17) is 4.52 Å². The van der Waals surface area contributed by atoms with Crippen LogP contribution < -0.4 is 0 Å². The Morgan fingerprint density at radius 2 is 1.59 bits per heavy atom. The van der Waals surface area contributed by atoms with Gasteiger partial charge in [-0.1, -0.05) is 29.4 Å². The van der Waals surface area contributed by atoms with Crippen LogP contribution in [0.4, 0.5) is 8.78 Å². The second kappa shape index (κ2) is 7.26. The molecule has 1 aliphatic heterocycles. The van der Waals surface area contributed by atoms with Crippen LogP contribution >= 0.6 is 0 Å². The van der Waals surface area contributed by atoms with Crippen molar-refractivity contribution in [2.24, 2.45) is 0 Å². The highest BCUT2D eigenvalue weighted by molar-refractivity contribution is 5.79. The minimum absolute atomic E-state index is 0.0103. The summed E-state index contributed by atoms with van der Waals surface area (Å²) in [5.74, 6) is 0.460. The topological polar surface area (TPSA) is 59.2 Å². The molecule has 0 bridgehead atoms. The van der Waals surface area contributed by atoms with E-state index in [1.165, 1.54) is 24.3 Å². The van der Waals surface area contributed by atoms with Crippen LogP contribution in [0.1, 0.15) is 28.8 Å². The number of amides is 1. The highest BCUT2D eigenvalue weighted by Gasteiger charge is 2.35. The molecule has 0 atom stereocenters. The Hall–Kier alpha value is -3.09. The molecule has 1 amide bonds. The number of halogens is 2. The molecule has 0 unspecified atom stereocenters. The highest BCUT2D eigenvalue weighted by atomic mass is 19.1. The van der Waals surface area contributed by atoms with Crippen molar-refractivity contribution in [1.82, 2.24) is 15.0 Å². The molecule has 138 valence electrons. The van der Waals surface area contributed by atoms with Crippen LogP contribution in [0.2, 0.25) is 0 Å². The van der Waals surface area contributed by atoms with Gasteiger partial charge in [-0.05, 0) is 35.4 Å². The second-order valence-electron chi connectivity index (χ2n) is 6.65. The number of nitrogens with zero attached hydrogens (tertiary/aromatic N) is 3. The molecule has 0 aliphatic carbocycles. The Morgan fingerprint density at radius 1 is 1.00 bits per heavy atom. The van der Waals surface area contributed by atoms with E-state index in [0.29, 0.717) is 31.2 Å². The van der Waals surface area contributed by atoms with Crippen molar-refractivity contribution in [3.63, 3.8) is 0 Å². The molecule has 2 aromatic carbocycles. The molecule has 27 heavy (non-hydrogen) atoms. The lowest BCUT2D eigenvalue weighted by molar-refractivity contribution is -0.135. The summed E-state index contributed by atoms with van der Waals surface area (Å²) in [7, 11) is 0. The number of rotatable bonds is 5. The summed E-state index contributed by atoms with van der Waals surface area (Å²) in [4.78, 5) is 18.4. The summed E-state index contributed by atoms with van der Waals surface area (Å²) in [6.07, 6.45) is 0.705. The van der Waals surface area contributed by atoms with Crippen LogP contribution in [0.5, 0.6) is 0 Å². The first kappa shape index (κ1) is 17.3. The predicted molar refractivity (Wildman–Crippen MR) is 92.9 cm³/mol. The van der Waals surface area contributed by atoms with Gasteiger partial charge in [0.05, 0.1) is 12.3 Å². The van der Waals surface area contributed by atoms with E-state index in [-0.39, 0.29) is 29.9 Å². The molecule has 1 aromatic heterocycles. The zero-order valence-electron chi connectivity index (χ0n) is 14.4. The van der Waals surface area contributed by atoms with Crippen LogP contribution in [-0.4, -0.2) is 34.0 Å². The predicted octanol–water partition coefficient (Wildman–Crippen LogP) is 3.11. The third-order valence-electron chi connectivity index (χ3n) is 4.61. The first-order chi connectivity index (χ1) is 13.1. The molecular formula is C20H17F2N3O2. The number of carbonyl (C=O) groups is 1. The molecule has 0 saturated carbocycles. The number of hydrogen-bond acceptors (Lipinski definition) is 4. The highest BCUT2D eigenvalue weighted by Crippen LogP contribution is 2.26. The molecule has 0 radical (unpaired) electrons. The van der Waals surface area contributed by atoms with Crippen molar-refractivity contribution < 1.29 is 18.1 Å². The Morgan fingerprint density at radius 3 is 2.22 bits per heavy atom. The summed E-state index contributed by atoms with van der Waals surface area (Å²) < 4.78 is 31.2. The summed E-state index contributed by atoms with van der Waals surface area (Å²) in [6, 6.07) is 12.1. The average Bonchev–Trinajstić information content (AvgIpc) is 3.06. The van der Waals surface area contributed by atoms with E-state index in [0.717, 1.165) is 11.1 Å². The van der Waals surface area contributed by atoms with Gasteiger partial charge < -0.3 is 9.42 Å². The fourth-order valence-corrected chi connectivity index (χ4v) is 3.02. The smallest absolute Gasteiger partial charge is 0.233 e. The SMILES string of the molecule is O=C(Cc1ccc(F)cc1)N1CC(c2nc(Cc3ccc(F)cc3)no2)C1. The van der Waals surface area contributed by atoms with Gasteiger partial charge in [0.15, 0.2) is 5.82 Å². The van der Waals surface area contributed by atoms with Crippen molar-refractivity contribution in [3.05, 3.63) is 83.0 Å². The van der Waals surface area contributed by atoms with Crippen molar-refractivity contribution >= 4 is 5.91 Å². The number of carbonyl (C=O) groups excluding carboxylic acids is 1. The van der Waals surface area contributed by atoms with E-state index >= 15 is 0 Å². The maximum Gasteiger partial charge on any atom is 0.233 e. The van der Waals surface area contributed by atoms with Gasteiger partial charge >= 0.3 is 0 Å². The molecule has 0 N–H and O–H groups in total. The summed E-state index contributed by atoms with van der Waals surface area (Å²) in [6.45, 7) is 1.05. The lowest BCUT2D eigenvalue weighted by Gasteiger charge is -2.37. The van der Waals surface area contributed by atoms with Crippen LogP contribution in [0, 0.1) is 11.6 Å². The molecule has 1 saturated heterocycles. The van der Waals surface area contributed by atoms with Gasteiger partial charge in [0.1, 0.15) is 11.6 Å². The zero-order chi connectivity index (χ0) is 18.8. The monoisotopic (exact) mass is 369 g/mol. The molecule has 7 heteroatoms. The Balaban J connectivity index is 1.30. The summed E-state index contributed by atoms with van der Waals surface area (Å²) in [5.41, 5.74) is 1.68. The van der Waals surface area contributed by atoms with Crippen LogP contribution in [-0.2, 0) is 17.6 Å². The maximum atomic E-state index is 12.9. The maximum absolute atomic E-state index is 12.9. The minimum atomic E-state index is -0.317. The van der Waals surface area contributed by atoms with Crippen LogP contribution in [0.3, 0.4) is 0 Å². The standard InChI is InChI=1S/C20H17F2N3O2/c21-16-5-1-13(2-6-16)9-18-23-20(27-24-18)15-11-25(12-15)19(26)10-14-3-7-17(22)8-4-14/h1-8,15H,9-12H2. The fourth-order valence-electron chi connectivity index (χ4n) is 3.02. The molecular weight excluding hydrogens is 352 g/mol. The van der Waals surface area contributed by atoms with Gasteiger partial charge in [-0.25, -0.2) is 8.78 Å². The van der Waals surface area contributed by atoms with Crippen molar-refractivity contribution in [2.45, 2.75) is 18.8 Å². The third-order valence-corrected chi connectivity index (χ3v) is 4.61. The normalized spacial score (nSPS) is 14.2. The first-order valence-corrected chi connectivity index (χ1v) is 8.66. The van der Waals surface area contributed by atoms with Gasteiger partial charge in [-0.15, -0.1) is 0 Å². The number of benzene rings is 2. The van der Waals surface area contributed by atoms with E-state index in [9.17, 15) is 13.6 Å². The molecule has 3 aromatic rings. The summed E-state index contributed by atoms with van der Waals surface area (Å²) >= 11 is 0. The van der Waals surface area contributed by atoms with Gasteiger partial charge in [-0.2, -0.15) is 4.98 Å². The van der Waals surface area contributed by atoms with Crippen molar-refractivity contribution in [2.75, 3.05) is 13.1 Å². The minimum Gasteiger partial charge on any atom is -0.341 e. The van der Waals surface area contributed by atoms with E-state index in [1.807, 2.05) is 0 Å². The first-order valence-electron chi connectivity index (χ1n) is 8.66. The lowest BCUT2D eigenvalue weighted by atomic mass is 9.98. The zero-order valence-corrected chi connectivity index (χ0v) is 14.4. The van der Waals surface area contributed by atoms with Crippen molar-refractivity contribution in [1.29, 1.82) is 0 Å². The fraction of sp³-hybridized carbons (Fsp3) is 0.250.